The fourth-order valence-corrected chi connectivity index (χ4v) is 3.12. The van der Waals surface area contributed by atoms with E-state index in [1.54, 1.807) is 6.07 Å². The molecule has 26 heavy (non-hydrogen) atoms. The van der Waals surface area contributed by atoms with Crippen molar-refractivity contribution in [1.82, 2.24) is 0 Å². The number of benzene rings is 2. The minimum atomic E-state index is -0.390. The summed E-state index contributed by atoms with van der Waals surface area (Å²) in [6.45, 7) is 7.29. The molecule has 1 aromatic heterocycles. The first-order valence-corrected chi connectivity index (χ1v) is 8.78. The lowest BCUT2D eigenvalue weighted by molar-refractivity contribution is 0.561. The average Bonchev–Trinajstić information content (AvgIpc) is 2.63. The fourth-order valence-electron chi connectivity index (χ4n) is 3.12. The molecule has 0 unspecified atom stereocenters. The van der Waals surface area contributed by atoms with Crippen LogP contribution in [0.4, 0.5) is 11.4 Å². The van der Waals surface area contributed by atoms with Gasteiger partial charge in [-0.1, -0.05) is 24.3 Å². The molecule has 3 rings (SSSR count). The maximum Gasteiger partial charge on any atom is 0.336 e. The molecule has 2 aromatic carbocycles. The molecule has 0 aliphatic rings. The third-order valence-electron chi connectivity index (χ3n) is 4.37. The summed E-state index contributed by atoms with van der Waals surface area (Å²) in [7, 11) is 0. The molecular formula is C21H23N3O2. The molecule has 0 spiro atoms. The van der Waals surface area contributed by atoms with Crippen LogP contribution in [0.3, 0.4) is 0 Å². The van der Waals surface area contributed by atoms with E-state index < -0.39 is 5.63 Å². The number of nitrogens with zero attached hydrogens (tertiary/aromatic N) is 2. The van der Waals surface area contributed by atoms with Gasteiger partial charge in [-0.15, -0.1) is 0 Å². The second-order valence-electron chi connectivity index (χ2n) is 6.10. The summed E-state index contributed by atoms with van der Waals surface area (Å²) in [5.74, 6) is 0.347. The topological polar surface area (TPSA) is 60.5 Å². The molecule has 0 aliphatic carbocycles. The zero-order valence-corrected chi connectivity index (χ0v) is 15.3. The van der Waals surface area contributed by atoms with Crippen LogP contribution in [-0.4, -0.2) is 19.0 Å². The van der Waals surface area contributed by atoms with Gasteiger partial charge in [-0.3, -0.25) is 5.41 Å². The predicted molar refractivity (Wildman–Crippen MR) is 107 cm³/mol. The number of guanidine groups is 1. The molecule has 0 saturated carbocycles. The first kappa shape index (κ1) is 17.7. The van der Waals surface area contributed by atoms with Crippen molar-refractivity contribution >= 4 is 28.3 Å². The van der Waals surface area contributed by atoms with E-state index in [1.165, 1.54) is 6.07 Å². The average molecular weight is 349 g/mol. The Morgan fingerprint density at radius 3 is 2.42 bits per heavy atom. The molecule has 1 heterocycles. The SMILES string of the molecule is CCN(C(=N)N(CC)c1cccc2ccc(=O)oc12)c1cccc(C)c1. The molecule has 0 atom stereocenters. The Morgan fingerprint density at radius 1 is 1.00 bits per heavy atom. The molecule has 0 amide bonds. The van der Waals surface area contributed by atoms with Crippen LogP contribution < -0.4 is 15.4 Å². The van der Waals surface area contributed by atoms with Gasteiger partial charge in [-0.2, -0.15) is 0 Å². The van der Waals surface area contributed by atoms with Crippen molar-refractivity contribution in [1.29, 1.82) is 5.41 Å². The molecule has 134 valence electrons. The van der Waals surface area contributed by atoms with Gasteiger partial charge in [0.1, 0.15) is 0 Å². The standard InChI is InChI=1S/C21H23N3O2/c1-4-23(17-10-6-8-15(3)14-17)21(22)24(5-2)18-11-7-9-16-12-13-19(25)26-20(16)18/h6-14,22H,4-5H2,1-3H3. The Hall–Kier alpha value is -3.08. The summed E-state index contributed by atoms with van der Waals surface area (Å²) in [6.07, 6.45) is 0. The van der Waals surface area contributed by atoms with Gasteiger partial charge in [0, 0.05) is 30.2 Å². The van der Waals surface area contributed by atoms with Gasteiger partial charge in [0.15, 0.2) is 5.58 Å². The van der Waals surface area contributed by atoms with Gasteiger partial charge < -0.3 is 14.2 Å². The van der Waals surface area contributed by atoms with Gasteiger partial charge in [0.2, 0.25) is 5.96 Å². The van der Waals surface area contributed by atoms with E-state index in [-0.39, 0.29) is 0 Å². The normalized spacial score (nSPS) is 10.7. The Labute approximate surface area is 153 Å². The number of hydrogen-bond acceptors (Lipinski definition) is 3. The summed E-state index contributed by atoms with van der Waals surface area (Å²) in [5, 5.41) is 9.65. The molecule has 0 fully saturated rings. The second-order valence-corrected chi connectivity index (χ2v) is 6.10. The fraction of sp³-hybridized carbons (Fsp3) is 0.238. The molecule has 0 aliphatic heterocycles. The van der Waals surface area contributed by atoms with Crippen molar-refractivity contribution in [3.63, 3.8) is 0 Å². The van der Waals surface area contributed by atoms with E-state index in [2.05, 4.69) is 6.07 Å². The Balaban J connectivity index is 2.07. The summed E-state index contributed by atoms with van der Waals surface area (Å²) in [5.41, 5.74) is 2.95. The van der Waals surface area contributed by atoms with Crippen LogP contribution in [0, 0.1) is 12.3 Å². The third kappa shape index (κ3) is 3.33. The van der Waals surface area contributed by atoms with Gasteiger partial charge in [-0.05, 0) is 50.6 Å². The summed E-state index contributed by atoms with van der Waals surface area (Å²) >= 11 is 0. The quantitative estimate of drug-likeness (QED) is 0.431. The number of fused-ring (bicyclic) bond motifs is 1. The van der Waals surface area contributed by atoms with Crippen LogP contribution in [0.2, 0.25) is 0 Å². The van der Waals surface area contributed by atoms with Crippen molar-refractivity contribution < 1.29 is 4.42 Å². The minimum absolute atomic E-state index is 0.347. The number of para-hydroxylation sites is 1. The minimum Gasteiger partial charge on any atom is -0.420 e. The highest BCUT2D eigenvalue weighted by Crippen LogP contribution is 2.27. The molecule has 3 aromatic rings. The van der Waals surface area contributed by atoms with Crippen LogP contribution in [0.1, 0.15) is 19.4 Å². The van der Waals surface area contributed by atoms with E-state index in [9.17, 15) is 4.79 Å². The Morgan fingerprint density at radius 2 is 1.73 bits per heavy atom. The Bertz CT molecular complexity index is 994. The zero-order valence-electron chi connectivity index (χ0n) is 15.3. The van der Waals surface area contributed by atoms with Gasteiger partial charge in [-0.25, -0.2) is 4.79 Å². The molecule has 0 saturated heterocycles. The lowest BCUT2D eigenvalue weighted by Gasteiger charge is -2.32. The van der Waals surface area contributed by atoms with E-state index >= 15 is 0 Å². The number of anilines is 2. The number of nitrogens with one attached hydrogen (secondary N) is 1. The molecule has 5 nitrogen and oxygen atoms in total. The maximum absolute atomic E-state index is 11.7. The van der Waals surface area contributed by atoms with Crippen molar-refractivity contribution in [3.05, 3.63) is 70.6 Å². The van der Waals surface area contributed by atoms with Crippen LogP contribution in [-0.2, 0) is 0 Å². The summed E-state index contributed by atoms with van der Waals surface area (Å²) in [6, 6.07) is 17.0. The predicted octanol–water partition coefficient (Wildman–Crippen LogP) is 4.39. The van der Waals surface area contributed by atoms with E-state index in [4.69, 9.17) is 9.83 Å². The highest BCUT2D eigenvalue weighted by Gasteiger charge is 2.20. The first-order chi connectivity index (χ1) is 12.5. The number of rotatable bonds is 4. The van der Waals surface area contributed by atoms with Crippen molar-refractivity contribution in [3.8, 4) is 0 Å². The van der Waals surface area contributed by atoms with Crippen LogP contribution in [0.25, 0.3) is 11.0 Å². The smallest absolute Gasteiger partial charge is 0.336 e. The van der Waals surface area contributed by atoms with E-state index in [1.807, 2.05) is 67.0 Å². The van der Waals surface area contributed by atoms with Crippen LogP contribution in [0.5, 0.6) is 0 Å². The lowest BCUT2D eigenvalue weighted by Crippen LogP contribution is -2.44. The monoisotopic (exact) mass is 349 g/mol. The number of hydrogen-bond donors (Lipinski definition) is 1. The molecule has 5 heteroatoms. The zero-order chi connectivity index (χ0) is 18.7. The van der Waals surface area contributed by atoms with E-state index in [0.29, 0.717) is 24.6 Å². The molecule has 0 bridgehead atoms. The third-order valence-corrected chi connectivity index (χ3v) is 4.37. The first-order valence-electron chi connectivity index (χ1n) is 8.78. The van der Waals surface area contributed by atoms with Gasteiger partial charge in [0.25, 0.3) is 0 Å². The summed E-state index contributed by atoms with van der Waals surface area (Å²) in [4.78, 5) is 15.5. The largest absolute Gasteiger partial charge is 0.420 e. The highest BCUT2D eigenvalue weighted by molar-refractivity contribution is 6.08. The molecule has 0 radical (unpaired) electrons. The van der Waals surface area contributed by atoms with Crippen molar-refractivity contribution in [2.24, 2.45) is 0 Å². The molecular weight excluding hydrogens is 326 g/mol. The highest BCUT2D eigenvalue weighted by atomic mass is 16.4. The molecule has 1 N–H and O–H groups in total. The van der Waals surface area contributed by atoms with E-state index in [0.717, 1.165) is 22.3 Å². The maximum atomic E-state index is 11.7. The van der Waals surface area contributed by atoms with Crippen LogP contribution in [0.15, 0.2) is 63.8 Å². The summed E-state index contributed by atoms with van der Waals surface area (Å²) < 4.78 is 5.45. The van der Waals surface area contributed by atoms with Gasteiger partial charge in [0.05, 0.1) is 5.69 Å². The van der Waals surface area contributed by atoms with Crippen LogP contribution >= 0.6 is 0 Å². The lowest BCUT2D eigenvalue weighted by atomic mass is 10.2. The van der Waals surface area contributed by atoms with Crippen molar-refractivity contribution in [2.45, 2.75) is 20.8 Å². The van der Waals surface area contributed by atoms with Gasteiger partial charge >= 0.3 is 5.63 Å². The van der Waals surface area contributed by atoms with Crippen molar-refractivity contribution in [2.75, 3.05) is 22.9 Å². The number of aryl methyl sites for hydroxylation is 1. The second kappa shape index (κ2) is 7.44. The Kier molecular flexibility index (Phi) is 5.07.